The van der Waals surface area contributed by atoms with Gasteiger partial charge in [-0.1, -0.05) is 52.6 Å². The molecule has 8 aromatic rings. The SMILES string of the molecule is Cc1ccc2c(c1)c1cc(C)ccc1n2-c1cc(-c2ccccn2)cc(-n2c3ccc(C)cc3c3cc(C)ccc32)c1C#N. The third kappa shape index (κ3) is 3.87. The van der Waals surface area contributed by atoms with Crippen molar-refractivity contribution in [1.29, 1.82) is 5.26 Å². The number of hydrogen-bond donors (Lipinski definition) is 0. The Kier molecular flexibility index (Phi) is 5.73. The molecule has 0 unspecified atom stereocenters. The lowest BCUT2D eigenvalue weighted by molar-refractivity contribution is 1.11. The van der Waals surface area contributed by atoms with E-state index in [9.17, 15) is 5.26 Å². The third-order valence-corrected chi connectivity index (χ3v) is 8.80. The first-order valence-electron chi connectivity index (χ1n) is 14.9. The van der Waals surface area contributed by atoms with E-state index in [0.29, 0.717) is 5.56 Å². The Morgan fingerprint density at radius 2 is 0.932 bits per heavy atom. The summed E-state index contributed by atoms with van der Waals surface area (Å²) in [4.78, 5) is 4.74. The molecule has 8 rings (SSSR count). The van der Waals surface area contributed by atoms with Crippen LogP contribution in [0, 0.1) is 39.0 Å². The molecule has 4 heteroatoms. The van der Waals surface area contributed by atoms with Gasteiger partial charge in [0, 0.05) is 33.3 Å². The van der Waals surface area contributed by atoms with Crippen LogP contribution in [-0.4, -0.2) is 14.1 Å². The van der Waals surface area contributed by atoms with Crippen molar-refractivity contribution in [2.75, 3.05) is 0 Å². The molecule has 0 aliphatic rings. The topological polar surface area (TPSA) is 46.5 Å². The zero-order valence-electron chi connectivity index (χ0n) is 25.2. The molecule has 0 amide bonds. The molecule has 0 spiro atoms. The first-order chi connectivity index (χ1) is 21.4. The number of aryl methyl sites for hydroxylation is 4. The minimum atomic E-state index is 0.615. The summed E-state index contributed by atoms with van der Waals surface area (Å²) in [6.07, 6.45) is 1.82. The molecule has 210 valence electrons. The van der Waals surface area contributed by atoms with E-state index in [1.807, 2.05) is 24.4 Å². The van der Waals surface area contributed by atoms with Gasteiger partial charge < -0.3 is 9.13 Å². The first kappa shape index (κ1) is 26.0. The van der Waals surface area contributed by atoms with Crippen LogP contribution in [0.15, 0.2) is 109 Å². The van der Waals surface area contributed by atoms with Gasteiger partial charge in [-0.05, 0) is 100 Å². The van der Waals surface area contributed by atoms with Gasteiger partial charge in [-0.25, -0.2) is 0 Å². The van der Waals surface area contributed by atoms with Crippen molar-refractivity contribution in [2.45, 2.75) is 27.7 Å². The largest absolute Gasteiger partial charge is 0.308 e. The van der Waals surface area contributed by atoms with E-state index in [2.05, 4.69) is 128 Å². The van der Waals surface area contributed by atoms with Crippen molar-refractivity contribution in [1.82, 2.24) is 14.1 Å². The van der Waals surface area contributed by atoms with Gasteiger partial charge in [0.2, 0.25) is 0 Å². The molecule has 5 aromatic carbocycles. The van der Waals surface area contributed by atoms with Crippen LogP contribution in [0.25, 0.3) is 66.2 Å². The summed E-state index contributed by atoms with van der Waals surface area (Å²) < 4.78 is 4.53. The highest BCUT2D eigenvalue weighted by atomic mass is 15.0. The quantitative estimate of drug-likeness (QED) is 0.214. The third-order valence-electron chi connectivity index (χ3n) is 8.80. The fraction of sp³-hybridized carbons (Fsp3) is 0.100. The molecule has 0 N–H and O–H groups in total. The number of nitriles is 1. The van der Waals surface area contributed by atoms with Gasteiger partial charge in [0.15, 0.2) is 0 Å². The van der Waals surface area contributed by atoms with Gasteiger partial charge in [-0.15, -0.1) is 0 Å². The summed E-state index contributed by atoms with van der Waals surface area (Å²) in [5.41, 5.74) is 13.2. The normalized spacial score (nSPS) is 11.6. The Morgan fingerprint density at radius 3 is 1.27 bits per heavy atom. The smallest absolute Gasteiger partial charge is 0.104 e. The highest BCUT2D eigenvalue weighted by Crippen LogP contribution is 2.40. The molecule has 0 atom stereocenters. The van der Waals surface area contributed by atoms with Crippen molar-refractivity contribution in [2.24, 2.45) is 0 Å². The standard InChI is InChI=1S/C40H30N4/c1-24-8-12-35-29(17-24)30-18-25(2)9-13-36(30)43(35)39-21-28(34-7-5-6-16-42-34)22-40(33(39)23-41)44-37-14-10-26(3)19-31(37)32-20-27(4)11-15-38(32)44/h5-22H,1-4H3. The van der Waals surface area contributed by atoms with Crippen molar-refractivity contribution in [3.8, 4) is 28.7 Å². The van der Waals surface area contributed by atoms with Crippen LogP contribution < -0.4 is 0 Å². The van der Waals surface area contributed by atoms with Crippen LogP contribution in [0.3, 0.4) is 0 Å². The van der Waals surface area contributed by atoms with E-state index in [4.69, 9.17) is 4.98 Å². The van der Waals surface area contributed by atoms with Crippen LogP contribution in [-0.2, 0) is 0 Å². The molecule has 0 radical (unpaired) electrons. The average Bonchev–Trinajstić information content (AvgIpc) is 3.51. The predicted molar refractivity (Wildman–Crippen MR) is 182 cm³/mol. The fourth-order valence-corrected chi connectivity index (χ4v) is 6.78. The van der Waals surface area contributed by atoms with E-state index in [1.165, 1.54) is 43.8 Å². The van der Waals surface area contributed by atoms with E-state index in [-0.39, 0.29) is 0 Å². The summed E-state index contributed by atoms with van der Waals surface area (Å²) in [5.74, 6) is 0. The van der Waals surface area contributed by atoms with Gasteiger partial charge in [0.25, 0.3) is 0 Å². The molecule has 3 aromatic heterocycles. The maximum absolute atomic E-state index is 11.0. The summed E-state index contributed by atoms with van der Waals surface area (Å²) in [5, 5.41) is 15.8. The molecule has 3 heterocycles. The van der Waals surface area contributed by atoms with Crippen LogP contribution in [0.1, 0.15) is 27.8 Å². The van der Waals surface area contributed by atoms with Crippen molar-refractivity contribution in [3.63, 3.8) is 0 Å². The highest BCUT2D eigenvalue weighted by Gasteiger charge is 2.23. The maximum atomic E-state index is 11.0. The molecule has 4 nitrogen and oxygen atoms in total. The Balaban J connectivity index is 1.57. The summed E-state index contributed by atoms with van der Waals surface area (Å²) in [6.45, 7) is 8.52. The summed E-state index contributed by atoms with van der Waals surface area (Å²) in [6, 6.07) is 39.2. The lowest BCUT2D eigenvalue weighted by atomic mass is 10.0. The molecule has 0 saturated heterocycles. The number of pyridine rings is 1. The second-order valence-corrected chi connectivity index (χ2v) is 12.0. The van der Waals surface area contributed by atoms with Crippen LogP contribution in [0.4, 0.5) is 0 Å². The fourth-order valence-electron chi connectivity index (χ4n) is 6.78. The minimum absolute atomic E-state index is 0.615. The number of hydrogen-bond acceptors (Lipinski definition) is 2. The van der Waals surface area contributed by atoms with Gasteiger partial charge >= 0.3 is 0 Å². The minimum Gasteiger partial charge on any atom is -0.308 e. The molecule has 0 aliphatic carbocycles. The van der Waals surface area contributed by atoms with Crippen LogP contribution in [0.2, 0.25) is 0 Å². The number of nitrogens with zero attached hydrogens (tertiary/aromatic N) is 4. The van der Waals surface area contributed by atoms with Crippen molar-refractivity contribution >= 4 is 43.6 Å². The molecule has 0 saturated carbocycles. The molecule has 0 fully saturated rings. The average molecular weight is 567 g/mol. The van der Waals surface area contributed by atoms with E-state index >= 15 is 0 Å². The zero-order chi connectivity index (χ0) is 30.1. The highest BCUT2D eigenvalue weighted by molar-refractivity contribution is 6.11. The van der Waals surface area contributed by atoms with E-state index in [1.54, 1.807) is 0 Å². The molecule has 0 aliphatic heterocycles. The molecule has 44 heavy (non-hydrogen) atoms. The number of aromatic nitrogens is 3. The number of benzene rings is 5. The predicted octanol–water partition coefficient (Wildman–Crippen LogP) is 10.0. The number of fused-ring (bicyclic) bond motifs is 6. The van der Waals surface area contributed by atoms with Crippen molar-refractivity contribution in [3.05, 3.63) is 137 Å². The van der Waals surface area contributed by atoms with E-state index in [0.717, 1.165) is 44.7 Å². The summed E-state index contributed by atoms with van der Waals surface area (Å²) >= 11 is 0. The van der Waals surface area contributed by atoms with Crippen molar-refractivity contribution < 1.29 is 0 Å². The molecular formula is C40H30N4. The lowest BCUT2D eigenvalue weighted by Crippen LogP contribution is -2.05. The second kappa shape index (κ2) is 9.69. The zero-order valence-corrected chi connectivity index (χ0v) is 25.2. The lowest BCUT2D eigenvalue weighted by Gasteiger charge is -2.18. The Labute approximate surface area is 256 Å². The molecule has 0 bridgehead atoms. The van der Waals surface area contributed by atoms with Gasteiger partial charge in [0.05, 0.1) is 39.1 Å². The van der Waals surface area contributed by atoms with Crippen LogP contribution in [0.5, 0.6) is 0 Å². The van der Waals surface area contributed by atoms with Gasteiger partial charge in [-0.3, -0.25) is 4.98 Å². The second-order valence-electron chi connectivity index (χ2n) is 12.0. The van der Waals surface area contributed by atoms with Gasteiger partial charge in [0.1, 0.15) is 11.6 Å². The van der Waals surface area contributed by atoms with E-state index < -0.39 is 0 Å². The summed E-state index contributed by atoms with van der Waals surface area (Å²) in [7, 11) is 0. The monoisotopic (exact) mass is 566 g/mol. The molecular weight excluding hydrogens is 536 g/mol. The van der Waals surface area contributed by atoms with Crippen LogP contribution >= 0.6 is 0 Å². The Hall–Kier alpha value is -5.66. The Morgan fingerprint density at radius 1 is 0.523 bits per heavy atom. The van der Waals surface area contributed by atoms with Gasteiger partial charge in [-0.2, -0.15) is 5.26 Å². The maximum Gasteiger partial charge on any atom is 0.104 e. The Bertz CT molecular complexity index is 2220. The number of rotatable bonds is 3. The first-order valence-corrected chi connectivity index (χ1v) is 14.9.